The molecule has 2 N–H and O–H groups in total. The second kappa shape index (κ2) is 8.33. The van der Waals surface area contributed by atoms with Gasteiger partial charge in [-0.3, -0.25) is 4.79 Å². The summed E-state index contributed by atoms with van der Waals surface area (Å²) in [6.45, 7) is 4.65. The highest BCUT2D eigenvalue weighted by atomic mass is 16.5. The van der Waals surface area contributed by atoms with E-state index in [1.54, 1.807) is 0 Å². The number of carbonyl (C=O) groups is 1. The van der Waals surface area contributed by atoms with E-state index in [0.29, 0.717) is 18.6 Å². The summed E-state index contributed by atoms with van der Waals surface area (Å²) >= 11 is 0. The molecule has 1 aromatic rings. The van der Waals surface area contributed by atoms with Gasteiger partial charge in [0.25, 0.3) is 5.91 Å². The van der Waals surface area contributed by atoms with Gasteiger partial charge in [0.05, 0.1) is 0 Å². The molecule has 0 unspecified atom stereocenters. The fourth-order valence-electron chi connectivity index (χ4n) is 2.07. The molecule has 0 aromatic heterocycles. The lowest BCUT2D eigenvalue weighted by Crippen LogP contribution is -2.48. The molecule has 0 radical (unpaired) electrons. The predicted molar refractivity (Wildman–Crippen MR) is 85.0 cm³/mol. The topological polar surface area (TPSA) is 50.4 Å². The number of rotatable bonds is 8. The van der Waals surface area contributed by atoms with Gasteiger partial charge in [0.15, 0.2) is 6.61 Å². The zero-order valence-electron chi connectivity index (χ0n) is 13.0. The van der Waals surface area contributed by atoms with Crippen molar-refractivity contribution in [2.75, 3.05) is 13.7 Å². The van der Waals surface area contributed by atoms with Crippen molar-refractivity contribution in [1.29, 1.82) is 0 Å². The van der Waals surface area contributed by atoms with E-state index in [4.69, 9.17) is 11.2 Å². The quantitative estimate of drug-likeness (QED) is 0.720. The van der Waals surface area contributed by atoms with Crippen LogP contribution in [0, 0.1) is 12.3 Å². The molecule has 1 aromatic carbocycles. The number of terminal acetylenes is 1. The molecule has 0 fully saturated rings. The van der Waals surface area contributed by atoms with Crippen molar-refractivity contribution in [3.63, 3.8) is 0 Å². The molecule has 0 heterocycles. The lowest BCUT2D eigenvalue weighted by atomic mass is 9.94. The third-order valence-electron chi connectivity index (χ3n) is 3.51. The van der Waals surface area contributed by atoms with E-state index < -0.39 is 5.54 Å². The Balaban J connectivity index is 2.57. The summed E-state index contributed by atoms with van der Waals surface area (Å²) in [5.41, 5.74) is 0.532. The highest BCUT2D eigenvalue weighted by molar-refractivity contribution is 5.79. The molecule has 1 rings (SSSR count). The summed E-state index contributed by atoms with van der Waals surface area (Å²) < 4.78 is 5.53. The van der Waals surface area contributed by atoms with Gasteiger partial charge in [0.2, 0.25) is 0 Å². The zero-order valence-corrected chi connectivity index (χ0v) is 13.0. The molecule has 0 atom stereocenters. The number of carbonyl (C=O) groups excluding carboxylic acids is 1. The summed E-state index contributed by atoms with van der Waals surface area (Å²) in [5, 5.41) is 5.95. The predicted octanol–water partition coefficient (Wildman–Crippen LogP) is 2.09. The smallest absolute Gasteiger partial charge is 0.259 e. The summed E-state index contributed by atoms with van der Waals surface area (Å²) in [7, 11) is 1.88. The van der Waals surface area contributed by atoms with Crippen molar-refractivity contribution in [2.45, 2.75) is 38.8 Å². The van der Waals surface area contributed by atoms with Crippen LogP contribution >= 0.6 is 0 Å². The second-order valence-corrected chi connectivity index (χ2v) is 4.95. The second-order valence-electron chi connectivity index (χ2n) is 4.95. The lowest BCUT2D eigenvalue weighted by molar-refractivity contribution is -0.124. The highest BCUT2D eigenvalue weighted by Gasteiger charge is 2.25. The average molecular weight is 288 g/mol. The van der Waals surface area contributed by atoms with Crippen LogP contribution in [-0.2, 0) is 11.3 Å². The van der Waals surface area contributed by atoms with Crippen LogP contribution in [-0.4, -0.2) is 25.1 Å². The van der Waals surface area contributed by atoms with Crippen molar-refractivity contribution in [1.82, 2.24) is 10.6 Å². The van der Waals surface area contributed by atoms with Gasteiger partial charge in [-0.25, -0.2) is 0 Å². The van der Waals surface area contributed by atoms with Crippen LogP contribution in [0.15, 0.2) is 24.3 Å². The van der Waals surface area contributed by atoms with Gasteiger partial charge in [-0.05, 0) is 37.6 Å². The van der Waals surface area contributed by atoms with E-state index in [1.807, 2.05) is 45.2 Å². The fraction of sp³-hybridized carbons (Fsp3) is 0.471. The van der Waals surface area contributed by atoms with Crippen molar-refractivity contribution in [3.8, 4) is 18.1 Å². The maximum atomic E-state index is 12.0. The number of ether oxygens (including phenoxy) is 1. The van der Waals surface area contributed by atoms with Crippen molar-refractivity contribution < 1.29 is 9.53 Å². The Morgan fingerprint density at radius 2 is 2.10 bits per heavy atom. The van der Waals surface area contributed by atoms with E-state index in [-0.39, 0.29) is 12.5 Å². The van der Waals surface area contributed by atoms with Crippen LogP contribution in [0.4, 0.5) is 0 Å². The minimum Gasteiger partial charge on any atom is -0.484 e. The number of amides is 1. The Hall–Kier alpha value is -1.99. The molecule has 0 spiro atoms. The van der Waals surface area contributed by atoms with Gasteiger partial charge in [0, 0.05) is 6.54 Å². The Kier molecular flexibility index (Phi) is 6.77. The minimum absolute atomic E-state index is 0.0353. The molecule has 0 aliphatic rings. The molecule has 1 amide bonds. The van der Waals surface area contributed by atoms with Gasteiger partial charge < -0.3 is 15.4 Å². The Morgan fingerprint density at radius 3 is 2.67 bits per heavy atom. The first-order chi connectivity index (χ1) is 10.1. The van der Waals surface area contributed by atoms with Gasteiger partial charge in [-0.1, -0.05) is 31.9 Å². The van der Waals surface area contributed by atoms with Gasteiger partial charge >= 0.3 is 0 Å². The molecular weight excluding hydrogens is 264 g/mol. The van der Waals surface area contributed by atoms with Gasteiger partial charge in [-0.15, -0.1) is 6.42 Å². The minimum atomic E-state index is -0.575. The number of benzene rings is 1. The van der Waals surface area contributed by atoms with Crippen LogP contribution in [0.2, 0.25) is 0 Å². The monoisotopic (exact) mass is 288 g/mol. The standard InChI is InChI=1S/C17H24N2O2/c1-5-17(6-2,7-3)19-16(20)13-21-15-10-8-9-14(11-15)12-18-4/h1,8-11,18H,6-7,12-13H2,2-4H3,(H,19,20). The fourth-order valence-corrected chi connectivity index (χ4v) is 2.07. The maximum absolute atomic E-state index is 12.0. The summed E-state index contributed by atoms with van der Waals surface area (Å²) in [6, 6.07) is 7.66. The molecular formula is C17H24N2O2. The summed E-state index contributed by atoms with van der Waals surface area (Å²) in [5.74, 6) is 3.15. The SMILES string of the molecule is C#CC(CC)(CC)NC(=O)COc1cccc(CNC)c1. The summed E-state index contributed by atoms with van der Waals surface area (Å²) in [4.78, 5) is 12.0. The van der Waals surface area contributed by atoms with Crippen molar-refractivity contribution in [3.05, 3.63) is 29.8 Å². The first-order valence-electron chi connectivity index (χ1n) is 7.24. The van der Waals surface area contributed by atoms with Crippen LogP contribution in [0.25, 0.3) is 0 Å². The molecule has 0 saturated heterocycles. The van der Waals surface area contributed by atoms with Crippen molar-refractivity contribution >= 4 is 5.91 Å². The maximum Gasteiger partial charge on any atom is 0.259 e. The zero-order chi connectivity index (χ0) is 15.7. The van der Waals surface area contributed by atoms with Crippen molar-refractivity contribution in [2.24, 2.45) is 0 Å². The molecule has 0 aliphatic heterocycles. The van der Waals surface area contributed by atoms with Gasteiger partial charge in [0.1, 0.15) is 11.3 Å². The molecule has 4 nitrogen and oxygen atoms in total. The molecule has 0 aliphatic carbocycles. The third kappa shape index (κ3) is 5.13. The van der Waals surface area contributed by atoms with Gasteiger partial charge in [-0.2, -0.15) is 0 Å². The van der Waals surface area contributed by atoms with E-state index >= 15 is 0 Å². The van der Waals surface area contributed by atoms with E-state index in [2.05, 4.69) is 16.6 Å². The molecule has 4 heteroatoms. The Bertz CT molecular complexity index is 502. The van der Waals surface area contributed by atoms with Crippen LogP contribution < -0.4 is 15.4 Å². The normalized spacial score (nSPS) is 10.8. The van der Waals surface area contributed by atoms with Crippen LogP contribution in [0.3, 0.4) is 0 Å². The van der Waals surface area contributed by atoms with E-state index in [1.165, 1.54) is 0 Å². The largest absolute Gasteiger partial charge is 0.484 e. The number of hydrogen-bond donors (Lipinski definition) is 2. The van der Waals surface area contributed by atoms with Crippen LogP contribution in [0.1, 0.15) is 32.3 Å². The first kappa shape index (κ1) is 17.1. The Labute approximate surface area is 127 Å². The molecule has 0 bridgehead atoms. The lowest BCUT2D eigenvalue weighted by Gasteiger charge is -2.26. The summed E-state index contributed by atoms with van der Waals surface area (Å²) in [6.07, 6.45) is 6.92. The van der Waals surface area contributed by atoms with E-state index in [0.717, 1.165) is 12.1 Å². The molecule has 21 heavy (non-hydrogen) atoms. The molecule has 0 saturated carbocycles. The Morgan fingerprint density at radius 1 is 1.38 bits per heavy atom. The average Bonchev–Trinajstić information content (AvgIpc) is 2.51. The third-order valence-corrected chi connectivity index (χ3v) is 3.51. The highest BCUT2D eigenvalue weighted by Crippen LogP contribution is 2.15. The van der Waals surface area contributed by atoms with E-state index in [9.17, 15) is 4.79 Å². The first-order valence-corrected chi connectivity index (χ1v) is 7.24. The number of hydrogen-bond acceptors (Lipinski definition) is 3. The van der Waals surface area contributed by atoms with Crippen LogP contribution in [0.5, 0.6) is 5.75 Å². The molecule has 114 valence electrons. The number of nitrogens with one attached hydrogen (secondary N) is 2.